The lowest BCUT2D eigenvalue weighted by Crippen LogP contribution is -2.21. The van der Waals surface area contributed by atoms with E-state index in [4.69, 9.17) is 16.1 Å². The summed E-state index contributed by atoms with van der Waals surface area (Å²) in [6, 6.07) is 10.6. The minimum Gasteiger partial charge on any atom is -0.359 e. The highest BCUT2D eigenvalue weighted by Crippen LogP contribution is 2.19. The summed E-state index contributed by atoms with van der Waals surface area (Å²) in [5, 5.41) is 4.59. The second kappa shape index (κ2) is 7.30. The topological polar surface area (TPSA) is 76.5 Å². The molecule has 4 rings (SSSR count). The first-order valence-electron chi connectivity index (χ1n) is 8.31. The van der Waals surface area contributed by atoms with E-state index in [0.29, 0.717) is 29.5 Å². The lowest BCUT2D eigenvalue weighted by molar-refractivity contribution is 0.264. The molecule has 0 fully saturated rings. The van der Waals surface area contributed by atoms with Crippen molar-refractivity contribution < 1.29 is 4.52 Å². The normalized spacial score (nSPS) is 11.4. The van der Waals surface area contributed by atoms with Crippen molar-refractivity contribution in [2.75, 3.05) is 7.05 Å². The predicted octanol–water partition coefficient (Wildman–Crippen LogP) is 3.03. The molecule has 4 aromatic rings. The van der Waals surface area contributed by atoms with Crippen LogP contribution in [0.4, 0.5) is 0 Å². The van der Waals surface area contributed by atoms with Crippen LogP contribution < -0.4 is 5.56 Å². The monoisotopic (exact) mass is 381 g/mol. The van der Waals surface area contributed by atoms with Crippen LogP contribution in [0.3, 0.4) is 0 Å². The van der Waals surface area contributed by atoms with Crippen molar-refractivity contribution in [3.8, 4) is 11.3 Å². The zero-order valence-electron chi connectivity index (χ0n) is 14.5. The Bertz CT molecular complexity index is 1140. The number of halogens is 1. The number of nitrogens with zero attached hydrogens (tertiary/aromatic N) is 5. The van der Waals surface area contributed by atoms with Crippen LogP contribution in [0.1, 0.15) is 11.5 Å². The quantitative estimate of drug-likeness (QED) is 0.529. The van der Waals surface area contributed by atoms with Gasteiger partial charge in [0.05, 0.1) is 17.3 Å². The van der Waals surface area contributed by atoms with Gasteiger partial charge in [-0.25, -0.2) is 4.98 Å². The molecule has 27 heavy (non-hydrogen) atoms. The predicted molar refractivity (Wildman–Crippen MR) is 101 cm³/mol. The van der Waals surface area contributed by atoms with Crippen molar-refractivity contribution in [1.29, 1.82) is 0 Å². The summed E-state index contributed by atoms with van der Waals surface area (Å²) >= 11 is 5.94. The van der Waals surface area contributed by atoms with Crippen molar-refractivity contribution in [3.05, 3.63) is 81.8 Å². The smallest absolute Gasteiger partial charge is 0.258 e. The molecule has 0 atom stereocenters. The lowest BCUT2D eigenvalue weighted by atomic mass is 10.2. The first kappa shape index (κ1) is 17.4. The fourth-order valence-electron chi connectivity index (χ4n) is 2.85. The molecule has 0 saturated carbocycles. The van der Waals surface area contributed by atoms with Gasteiger partial charge in [0.2, 0.25) is 0 Å². The second-order valence-electron chi connectivity index (χ2n) is 6.25. The number of hydrogen-bond donors (Lipinski definition) is 0. The maximum atomic E-state index is 12.3. The van der Waals surface area contributed by atoms with Gasteiger partial charge in [0, 0.05) is 42.8 Å². The molecule has 0 aliphatic rings. The zero-order valence-corrected chi connectivity index (χ0v) is 15.3. The van der Waals surface area contributed by atoms with Gasteiger partial charge >= 0.3 is 0 Å². The van der Waals surface area contributed by atoms with E-state index in [0.717, 1.165) is 17.0 Å². The van der Waals surface area contributed by atoms with Gasteiger partial charge in [0.1, 0.15) is 11.3 Å². The Morgan fingerprint density at radius 2 is 1.96 bits per heavy atom. The first-order valence-corrected chi connectivity index (χ1v) is 8.69. The van der Waals surface area contributed by atoms with E-state index in [1.807, 2.05) is 30.1 Å². The number of pyridine rings is 2. The van der Waals surface area contributed by atoms with E-state index in [1.54, 1.807) is 30.7 Å². The Labute approximate surface area is 159 Å². The van der Waals surface area contributed by atoms with Crippen LogP contribution >= 0.6 is 11.6 Å². The molecule has 0 bridgehead atoms. The Hall–Kier alpha value is -3.03. The first-order chi connectivity index (χ1) is 13.1. The molecular formula is C19H16ClN5O2. The standard InChI is InChI=1S/C19H16ClN5O2/c1-24(12-16-9-17(23-27-16)13-4-6-21-7-5-13)11-15-8-19(26)25-10-14(20)2-3-18(25)22-15/h2-10H,11-12H2,1H3. The third-order valence-electron chi connectivity index (χ3n) is 4.07. The maximum absolute atomic E-state index is 12.3. The molecule has 4 heterocycles. The van der Waals surface area contributed by atoms with Crippen LogP contribution in [0, 0.1) is 0 Å². The average molecular weight is 382 g/mol. The van der Waals surface area contributed by atoms with Gasteiger partial charge in [0.15, 0.2) is 5.76 Å². The van der Waals surface area contributed by atoms with E-state index in [1.165, 1.54) is 10.5 Å². The Morgan fingerprint density at radius 3 is 2.78 bits per heavy atom. The molecule has 7 nitrogen and oxygen atoms in total. The molecule has 0 spiro atoms. The Kier molecular flexibility index (Phi) is 4.70. The zero-order chi connectivity index (χ0) is 18.8. The highest BCUT2D eigenvalue weighted by Gasteiger charge is 2.11. The van der Waals surface area contributed by atoms with E-state index in [-0.39, 0.29) is 5.56 Å². The molecule has 0 saturated heterocycles. The molecule has 0 unspecified atom stereocenters. The molecule has 8 heteroatoms. The lowest BCUT2D eigenvalue weighted by Gasteiger charge is -2.14. The number of aromatic nitrogens is 4. The summed E-state index contributed by atoms with van der Waals surface area (Å²) < 4.78 is 6.86. The van der Waals surface area contributed by atoms with E-state index >= 15 is 0 Å². The van der Waals surface area contributed by atoms with Crippen molar-refractivity contribution in [2.45, 2.75) is 13.1 Å². The molecule has 0 aromatic carbocycles. The minimum absolute atomic E-state index is 0.162. The van der Waals surface area contributed by atoms with Gasteiger partial charge in [0.25, 0.3) is 5.56 Å². The average Bonchev–Trinajstić information content (AvgIpc) is 3.11. The number of fused-ring (bicyclic) bond motifs is 1. The summed E-state index contributed by atoms with van der Waals surface area (Å²) in [5.74, 6) is 0.730. The second-order valence-corrected chi connectivity index (χ2v) is 6.68. The van der Waals surface area contributed by atoms with Crippen LogP contribution in [-0.2, 0) is 13.1 Å². The van der Waals surface area contributed by atoms with Crippen molar-refractivity contribution in [3.63, 3.8) is 0 Å². The molecule has 0 aliphatic carbocycles. The van der Waals surface area contributed by atoms with Gasteiger partial charge in [-0.3, -0.25) is 19.1 Å². The highest BCUT2D eigenvalue weighted by molar-refractivity contribution is 6.30. The summed E-state index contributed by atoms with van der Waals surface area (Å²) in [5.41, 5.74) is 2.80. The summed E-state index contributed by atoms with van der Waals surface area (Å²) in [6.07, 6.45) is 4.99. The molecule has 0 aliphatic heterocycles. The fraction of sp³-hybridized carbons (Fsp3) is 0.158. The van der Waals surface area contributed by atoms with E-state index in [2.05, 4.69) is 15.1 Å². The van der Waals surface area contributed by atoms with Crippen LogP contribution in [0.25, 0.3) is 16.9 Å². The molecule has 136 valence electrons. The highest BCUT2D eigenvalue weighted by atomic mass is 35.5. The summed E-state index contributed by atoms with van der Waals surface area (Å²) in [7, 11) is 1.93. The summed E-state index contributed by atoms with van der Waals surface area (Å²) in [4.78, 5) is 22.8. The van der Waals surface area contributed by atoms with Gasteiger partial charge in [-0.05, 0) is 31.3 Å². The van der Waals surface area contributed by atoms with Crippen LogP contribution in [-0.4, -0.2) is 31.5 Å². The van der Waals surface area contributed by atoms with Crippen LogP contribution in [0.5, 0.6) is 0 Å². The third-order valence-corrected chi connectivity index (χ3v) is 4.29. The van der Waals surface area contributed by atoms with Crippen molar-refractivity contribution in [2.24, 2.45) is 0 Å². The van der Waals surface area contributed by atoms with Crippen molar-refractivity contribution >= 4 is 17.2 Å². The Balaban J connectivity index is 1.49. The van der Waals surface area contributed by atoms with Crippen LogP contribution in [0.2, 0.25) is 5.02 Å². The van der Waals surface area contributed by atoms with Gasteiger partial charge in [-0.15, -0.1) is 0 Å². The van der Waals surface area contributed by atoms with E-state index in [9.17, 15) is 4.79 Å². The number of hydrogen-bond acceptors (Lipinski definition) is 6. The van der Waals surface area contributed by atoms with Gasteiger partial charge in [-0.2, -0.15) is 0 Å². The number of rotatable bonds is 5. The largest absolute Gasteiger partial charge is 0.359 e. The van der Waals surface area contributed by atoms with Crippen LogP contribution in [0.15, 0.2) is 64.3 Å². The van der Waals surface area contributed by atoms with Crippen molar-refractivity contribution in [1.82, 2.24) is 24.4 Å². The minimum atomic E-state index is -0.162. The third kappa shape index (κ3) is 3.89. The van der Waals surface area contributed by atoms with E-state index < -0.39 is 0 Å². The maximum Gasteiger partial charge on any atom is 0.258 e. The molecule has 0 N–H and O–H groups in total. The molecule has 0 radical (unpaired) electrons. The summed E-state index contributed by atoms with van der Waals surface area (Å²) in [6.45, 7) is 1.04. The Morgan fingerprint density at radius 1 is 1.15 bits per heavy atom. The molecular weight excluding hydrogens is 366 g/mol. The van der Waals surface area contributed by atoms with Gasteiger partial charge in [-0.1, -0.05) is 16.8 Å². The molecule has 0 amide bonds. The SMILES string of the molecule is CN(Cc1cc(=O)n2cc(Cl)ccc2n1)Cc1cc(-c2ccncc2)no1. The molecule has 4 aromatic heterocycles. The van der Waals surface area contributed by atoms with Gasteiger partial charge < -0.3 is 4.52 Å². The fourth-order valence-corrected chi connectivity index (χ4v) is 3.01.